The quantitative estimate of drug-likeness (QED) is 0.442. The zero-order valence-electron chi connectivity index (χ0n) is 21.2. The van der Waals surface area contributed by atoms with E-state index in [1.807, 2.05) is 26.8 Å². The van der Waals surface area contributed by atoms with Gasteiger partial charge in [0.2, 0.25) is 5.91 Å². The first-order valence-corrected chi connectivity index (χ1v) is 12.7. The fraction of sp³-hybridized carbons (Fsp3) is 0.222. The molecule has 1 N–H and O–H groups in total. The van der Waals surface area contributed by atoms with Gasteiger partial charge in [0.15, 0.2) is 0 Å². The van der Waals surface area contributed by atoms with Gasteiger partial charge in [0, 0.05) is 5.69 Å². The van der Waals surface area contributed by atoms with Gasteiger partial charge < -0.3 is 14.8 Å². The fourth-order valence-electron chi connectivity index (χ4n) is 3.75. The van der Waals surface area contributed by atoms with Crippen molar-refractivity contribution >= 4 is 39.2 Å². The second-order valence-electron chi connectivity index (χ2n) is 8.50. The molecule has 0 spiro atoms. The monoisotopic (exact) mass is 524 g/mol. The normalized spacial score (nSPS) is 10.9. The Bertz CT molecular complexity index is 1390. The zero-order chi connectivity index (χ0) is 27.3. The summed E-state index contributed by atoms with van der Waals surface area (Å²) < 4.78 is 37.8. The van der Waals surface area contributed by atoms with Crippen LogP contribution in [0.3, 0.4) is 0 Å². The maximum Gasteiger partial charge on any atom is 0.337 e. The molecule has 0 saturated carbocycles. The molecule has 0 atom stereocenters. The van der Waals surface area contributed by atoms with Gasteiger partial charge in [-0.25, -0.2) is 18.0 Å². The van der Waals surface area contributed by atoms with Crippen molar-refractivity contribution in [1.29, 1.82) is 0 Å². The van der Waals surface area contributed by atoms with Gasteiger partial charge in [0.25, 0.3) is 10.0 Å². The van der Waals surface area contributed by atoms with E-state index in [9.17, 15) is 22.8 Å². The summed E-state index contributed by atoms with van der Waals surface area (Å²) in [7, 11) is -1.75. The minimum atomic E-state index is -4.12. The first-order chi connectivity index (χ1) is 17.4. The van der Waals surface area contributed by atoms with Crippen LogP contribution in [0.5, 0.6) is 0 Å². The molecular formula is C27H28N2O7S. The molecule has 0 radical (unpaired) electrons. The van der Waals surface area contributed by atoms with Crippen molar-refractivity contribution in [2.75, 3.05) is 30.4 Å². The summed E-state index contributed by atoms with van der Waals surface area (Å²) in [6.07, 6.45) is 0. The average Bonchev–Trinajstić information content (AvgIpc) is 2.85. The fourth-order valence-corrected chi connectivity index (χ4v) is 5.15. The van der Waals surface area contributed by atoms with Crippen LogP contribution in [0, 0.1) is 20.8 Å². The lowest BCUT2D eigenvalue weighted by Gasteiger charge is -2.25. The number of hydrogen-bond donors (Lipinski definition) is 1. The highest BCUT2D eigenvalue weighted by Gasteiger charge is 2.28. The van der Waals surface area contributed by atoms with Crippen molar-refractivity contribution in [2.24, 2.45) is 0 Å². The van der Waals surface area contributed by atoms with Crippen LogP contribution < -0.4 is 9.62 Å². The molecule has 0 saturated heterocycles. The lowest BCUT2D eigenvalue weighted by Crippen LogP contribution is -2.38. The van der Waals surface area contributed by atoms with Crippen LogP contribution in [0.4, 0.5) is 11.4 Å². The highest BCUT2D eigenvalue weighted by atomic mass is 32.2. The van der Waals surface area contributed by atoms with Crippen LogP contribution in [0.1, 0.15) is 37.4 Å². The van der Waals surface area contributed by atoms with Crippen molar-refractivity contribution in [1.82, 2.24) is 0 Å². The number of carbonyl (C=O) groups excluding carboxylic acids is 3. The molecule has 3 aromatic carbocycles. The predicted octanol–water partition coefficient (Wildman–Crippen LogP) is 4.02. The lowest BCUT2D eigenvalue weighted by atomic mass is 10.1. The smallest absolute Gasteiger partial charge is 0.337 e. The summed E-state index contributed by atoms with van der Waals surface area (Å²) >= 11 is 0. The minimum Gasteiger partial charge on any atom is -0.465 e. The third kappa shape index (κ3) is 6.53. The molecule has 0 aromatic heterocycles. The molecule has 0 heterocycles. The van der Waals surface area contributed by atoms with E-state index < -0.39 is 34.4 Å². The molecular weight excluding hydrogens is 496 g/mol. The summed E-state index contributed by atoms with van der Waals surface area (Å²) in [4.78, 5) is 37.3. The standard InChI is InChI=1S/C27H28N2O7S/c1-17-6-8-24(9-7-17)37(33,34)29(23-11-18(2)10-19(3)12-23)16-25(30)28-22-14-20(26(31)35-4)13-21(15-22)27(32)36-5/h6-15H,16H2,1-5H3,(H,28,30). The van der Waals surface area contributed by atoms with Crippen molar-refractivity contribution in [3.63, 3.8) is 0 Å². The Morgan fingerprint density at radius 2 is 1.27 bits per heavy atom. The van der Waals surface area contributed by atoms with E-state index >= 15 is 0 Å². The molecule has 0 fully saturated rings. The number of carbonyl (C=O) groups is 3. The van der Waals surface area contributed by atoms with Crippen LogP contribution in [0.25, 0.3) is 0 Å². The number of ether oxygens (including phenoxy) is 2. The maximum atomic E-state index is 13.6. The molecule has 0 unspecified atom stereocenters. The molecule has 0 bridgehead atoms. The number of benzene rings is 3. The molecule has 37 heavy (non-hydrogen) atoms. The first-order valence-electron chi connectivity index (χ1n) is 11.2. The molecule has 0 aliphatic heterocycles. The van der Waals surface area contributed by atoms with Crippen LogP contribution in [0.2, 0.25) is 0 Å². The third-order valence-electron chi connectivity index (χ3n) is 5.45. The second kappa shape index (κ2) is 11.3. The van der Waals surface area contributed by atoms with E-state index in [0.29, 0.717) is 5.69 Å². The van der Waals surface area contributed by atoms with Crippen molar-refractivity contribution < 1.29 is 32.3 Å². The average molecular weight is 525 g/mol. The van der Waals surface area contributed by atoms with Crippen molar-refractivity contribution in [3.8, 4) is 0 Å². The zero-order valence-corrected chi connectivity index (χ0v) is 22.0. The van der Waals surface area contributed by atoms with Gasteiger partial charge in [-0.15, -0.1) is 0 Å². The molecule has 0 aliphatic rings. The number of hydrogen-bond acceptors (Lipinski definition) is 7. The van der Waals surface area contributed by atoms with E-state index in [2.05, 4.69) is 5.32 Å². The largest absolute Gasteiger partial charge is 0.465 e. The van der Waals surface area contributed by atoms with E-state index in [-0.39, 0.29) is 21.7 Å². The number of methoxy groups -OCH3 is 2. The lowest BCUT2D eigenvalue weighted by molar-refractivity contribution is -0.114. The number of amides is 1. The summed E-state index contributed by atoms with van der Waals surface area (Å²) in [6.45, 7) is 4.95. The summed E-state index contributed by atoms with van der Waals surface area (Å²) in [5, 5.41) is 2.58. The molecule has 0 aliphatic carbocycles. The maximum absolute atomic E-state index is 13.6. The van der Waals surface area contributed by atoms with E-state index in [1.54, 1.807) is 24.3 Å². The second-order valence-corrected chi connectivity index (χ2v) is 10.4. The van der Waals surface area contributed by atoms with Crippen molar-refractivity contribution in [3.05, 3.63) is 88.5 Å². The highest BCUT2D eigenvalue weighted by Crippen LogP contribution is 2.26. The topological polar surface area (TPSA) is 119 Å². The third-order valence-corrected chi connectivity index (χ3v) is 7.24. The molecule has 1 amide bonds. The Hall–Kier alpha value is -4.18. The Kier molecular flexibility index (Phi) is 8.34. The Morgan fingerprint density at radius 3 is 1.76 bits per heavy atom. The first kappa shape index (κ1) is 27.4. The van der Waals surface area contributed by atoms with E-state index in [0.717, 1.165) is 21.0 Å². The number of sulfonamides is 1. The Labute approximate surface area is 216 Å². The number of esters is 2. The minimum absolute atomic E-state index is 0.0131. The van der Waals surface area contributed by atoms with Crippen LogP contribution >= 0.6 is 0 Å². The highest BCUT2D eigenvalue weighted by molar-refractivity contribution is 7.92. The van der Waals surface area contributed by atoms with Gasteiger partial charge in [-0.3, -0.25) is 9.10 Å². The Morgan fingerprint density at radius 1 is 0.757 bits per heavy atom. The molecule has 3 rings (SSSR count). The van der Waals surface area contributed by atoms with Gasteiger partial charge in [0.05, 0.1) is 35.9 Å². The van der Waals surface area contributed by atoms with Gasteiger partial charge in [-0.1, -0.05) is 23.8 Å². The molecule has 10 heteroatoms. The summed E-state index contributed by atoms with van der Waals surface area (Å²) in [5.41, 5.74) is 2.99. The van der Waals surface area contributed by atoms with Crippen LogP contribution in [-0.4, -0.2) is 47.0 Å². The number of aryl methyl sites for hydroxylation is 3. The number of nitrogens with one attached hydrogen (secondary N) is 1. The van der Waals surface area contributed by atoms with Crippen LogP contribution in [-0.2, 0) is 24.3 Å². The number of nitrogens with zero attached hydrogens (tertiary/aromatic N) is 1. The number of rotatable bonds is 8. The predicted molar refractivity (Wildman–Crippen MR) is 139 cm³/mol. The SMILES string of the molecule is COC(=O)c1cc(NC(=O)CN(c2cc(C)cc(C)c2)S(=O)(=O)c2ccc(C)cc2)cc(C(=O)OC)c1. The van der Waals surface area contributed by atoms with Gasteiger partial charge >= 0.3 is 11.9 Å². The van der Waals surface area contributed by atoms with Gasteiger partial charge in [-0.2, -0.15) is 0 Å². The summed E-state index contributed by atoms with van der Waals surface area (Å²) in [5.74, 6) is -2.13. The van der Waals surface area contributed by atoms with Crippen molar-refractivity contribution in [2.45, 2.75) is 25.7 Å². The molecule has 9 nitrogen and oxygen atoms in total. The van der Waals surface area contributed by atoms with Crippen LogP contribution in [0.15, 0.2) is 65.6 Å². The molecule has 194 valence electrons. The van der Waals surface area contributed by atoms with Gasteiger partial charge in [-0.05, 0) is 74.4 Å². The van der Waals surface area contributed by atoms with E-state index in [4.69, 9.17) is 9.47 Å². The summed E-state index contributed by atoms with van der Waals surface area (Å²) in [6, 6.07) is 15.5. The molecule has 3 aromatic rings. The van der Waals surface area contributed by atoms with E-state index in [1.165, 1.54) is 44.6 Å². The number of anilines is 2. The Balaban J connectivity index is 2.01. The van der Waals surface area contributed by atoms with Gasteiger partial charge in [0.1, 0.15) is 6.54 Å².